The molecule has 4 nitrogen and oxygen atoms in total. The first-order chi connectivity index (χ1) is 5.68. The van der Waals surface area contributed by atoms with Crippen LogP contribution < -0.4 is 5.32 Å². The molecule has 2 atom stereocenters. The van der Waals surface area contributed by atoms with Crippen molar-refractivity contribution in [3.63, 3.8) is 0 Å². The number of amides is 3. The molecule has 0 saturated carbocycles. The zero-order chi connectivity index (χ0) is 8.72. The molecule has 1 N–H and O–H groups in total. The summed E-state index contributed by atoms with van der Waals surface area (Å²) in [6.07, 6.45) is 1.86. The Hall–Kier alpha value is -1.06. The van der Waals surface area contributed by atoms with E-state index in [2.05, 4.69) is 12.2 Å². The number of nitrogens with zero attached hydrogens (tertiary/aromatic N) is 1. The van der Waals surface area contributed by atoms with Crippen LogP contribution >= 0.6 is 0 Å². The summed E-state index contributed by atoms with van der Waals surface area (Å²) in [6.45, 7) is 2.83. The maximum absolute atomic E-state index is 11.2. The molecular formula is C8H12N2O2. The van der Waals surface area contributed by atoms with Gasteiger partial charge in [-0.3, -0.25) is 10.1 Å². The lowest BCUT2D eigenvalue weighted by Crippen LogP contribution is -2.42. The van der Waals surface area contributed by atoms with Crippen molar-refractivity contribution in [2.45, 2.75) is 25.8 Å². The first kappa shape index (κ1) is 7.58. The normalized spacial score (nSPS) is 34.9. The van der Waals surface area contributed by atoms with Gasteiger partial charge in [0.15, 0.2) is 0 Å². The molecule has 2 unspecified atom stereocenters. The van der Waals surface area contributed by atoms with E-state index in [1.165, 1.54) is 0 Å². The number of carbonyl (C=O) groups is 2. The predicted octanol–water partition coefficient (Wildman–Crippen LogP) is 0.337. The molecule has 2 saturated heterocycles. The Balaban J connectivity index is 2.17. The van der Waals surface area contributed by atoms with Crippen molar-refractivity contribution in [3.8, 4) is 0 Å². The highest BCUT2D eigenvalue weighted by Gasteiger charge is 2.41. The van der Waals surface area contributed by atoms with Gasteiger partial charge in [0.1, 0.15) is 6.04 Å². The molecule has 2 fully saturated rings. The van der Waals surface area contributed by atoms with Crippen LogP contribution in [0, 0.1) is 5.92 Å². The van der Waals surface area contributed by atoms with Crippen LogP contribution in [0.2, 0.25) is 0 Å². The van der Waals surface area contributed by atoms with Crippen molar-refractivity contribution in [1.29, 1.82) is 0 Å². The fraction of sp³-hybridized carbons (Fsp3) is 0.750. The van der Waals surface area contributed by atoms with Crippen molar-refractivity contribution in [2.75, 3.05) is 6.54 Å². The lowest BCUT2D eigenvalue weighted by Gasteiger charge is -2.30. The summed E-state index contributed by atoms with van der Waals surface area (Å²) in [5.41, 5.74) is 0. The van der Waals surface area contributed by atoms with E-state index in [9.17, 15) is 9.59 Å². The number of hydrogen-bond donors (Lipinski definition) is 1. The van der Waals surface area contributed by atoms with Gasteiger partial charge >= 0.3 is 6.03 Å². The van der Waals surface area contributed by atoms with Crippen molar-refractivity contribution in [1.82, 2.24) is 10.2 Å². The van der Waals surface area contributed by atoms with E-state index < -0.39 is 0 Å². The Bertz CT molecular complexity index is 239. The second-order valence-electron chi connectivity index (χ2n) is 3.65. The highest BCUT2D eigenvalue weighted by molar-refractivity contribution is 6.04. The Morgan fingerprint density at radius 3 is 2.92 bits per heavy atom. The average molecular weight is 168 g/mol. The predicted molar refractivity (Wildman–Crippen MR) is 42.4 cm³/mol. The molecular weight excluding hydrogens is 156 g/mol. The fourth-order valence-corrected chi connectivity index (χ4v) is 1.91. The van der Waals surface area contributed by atoms with Crippen LogP contribution in [-0.4, -0.2) is 29.4 Å². The van der Waals surface area contributed by atoms with E-state index in [0.29, 0.717) is 5.92 Å². The number of hydrogen-bond acceptors (Lipinski definition) is 2. The minimum Gasteiger partial charge on any atom is -0.312 e. The first-order valence-corrected chi connectivity index (χ1v) is 4.30. The Morgan fingerprint density at radius 2 is 2.17 bits per heavy atom. The first-order valence-electron chi connectivity index (χ1n) is 4.30. The number of fused-ring (bicyclic) bond motifs is 1. The number of urea groups is 1. The summed E-state index contributed by atoms with van der Waals surface area (Å²) in [4.78, 5) is 24.0. The fourth-order valence-electron chi connectivity index (χ4n) is 1.91. The van der Waals surface area contributed by atoms with Gasteiger partial charge in [0.25, 0.3) is 5.91 Å². The largest absolute Gasteiger partial charge is 0.324 e. The minimum atomic E-state index is -0.212. The Kier molecular flexibility index (Phi) is 1.56. The summed E-state index contributed by atoms with van der Waals surface area (Å²) in [5.74, 6) is 0.407. The number of imide groups is 1. The van der Waals surface area contributed by atoms with Crippen LogP contribution in [0.3, 0.4) is 0 Å². The zero-order valence-electron chi connectivity index (χ0n) is 7.04. The highest BCUT2D eigenvalue weighted by atomic mass is 16.2. The topological polar surface area (TPSA) is 49.4 Å². The van der Waals surface area contributed by atoms with Gasteiger partial charge in [0.05, 0.1) is 0 Å². The van der Waals surface area contributed by atoms with E-state index >= 15 is 0 Å². The molecule has 0 radical (unpaired) electrons. The molecule has 2 heterocycles. The van der Waals surface area contributed by atoms with E-state index in [1.54, 1.807) is 4.90 Å². The molecule has 2 aliphatic heterocycles. The number of nitrogens with one attached hydrogen (secondary N) is 1. The zero-order valence-corrected chi connectivity index (χ0v) is 7.04. The molecule has 0 spiro atoms. The maximum Gasteiger partial charge on any atom is 0.324 e. The third-order valence-electron chi connectivity index (χ3n) is 2.61. The van der Waals surface area contributed by atoms with Gasteiger partial charge in [0, 0.05) is 6.54 Å². The number of carbonyl (C=O) groups excluding carboxylic acids is 2. The molecule has 66 valence electrons. The molecule has 0 bridgehead atoms. The SMILES string of the molecule is CC1CCC2C(=O)NC(=O)N2C1. The highest BCUT2D eigenvalue weighted by Crippen LogP contribution is 2.24. The van der Waals surface area contributed by atoms with E-state index in [0.717, 1.165) is 19.4 Å². The van der Waals surface area contributed by atoms with Crippen LogP contribution in [0.25, 0.3) is 0 Å². The molecule has 0 aliphatic carbocycles. The minimum absolute atomic E-state index is 0.119. The maximum atomic E-state index is 11.2. The molecule has 2 aliphatic rings. The summed E-state index contributed by atoms with van der Waals surface area (Å²) < 4.78 is 0. The lowest BCUT2D eigenvalue weighted by molar-refractivity contribution is -0.122. The van der Waals surface area contributed by atoms with Crippen LogP contribution in [0.5, 0.6) is 0 Å². The van der Waals surface area contributed by atoms with Crippen molar-refractivity contribution >= 4 is 11.9 Å². The van der Waals surface area contributed by atoms with Crippen LogP contribution in [-0.2, 0) is 4.79 Å². The molecule has 2 rings (SSSR count). The van der Waals surface area contributed by atoms with Crippen LogP contribution in [0.15, 0.2) is 0 Å². The second-order valence-corrected chi connectivity index (χ2v) is 3.65. The molecule has 0 aromatic carbocycles. The van der Waals surface area contributed by atoms with Crippen molar-refractivity contribution in [2.24, 2.45) is 5.92 Å². The Labute approximate surface area is 70.9 Å². The smallest absolute Gasteiger partial charge is 0.312 e. The quantitative estimate of drug-likeness (QED) is 0.530. The van der Waals surface area contributed by atoms with E-state index in [-0.39, 0.29) is 18.0 Å². The summed E-state index contributed by atoms with van der Waals surface area (Å²) >= 11 is 0. The van der Waals surface area contributed by atoms with E-state index in [4.69, 9.17) is 0 Å². The molecule has 0 aromatic rings. The number of piperidine rings is 1. The summed E-state index contributed by atoms with van der Waals surface area (Å²) in [7, 11) is 0. The van der Waals surface area contributed by atoms with Crippen LogP contribution in [0.1, 0.15) is 19.8 Å². The summed E-state index contributed by atoms with van der Waals surface area (Å²) in [6, 6.07) is -0.384. The monoisotopic (exact) mass is 168 g/mol. The van der Waals surface area contributed by atoms with Gasteiger partial charge in [0.2, 0.25) is 0 Å². The van der Waals surface area contributed by atoms with Crippen molar-refractivity contribution < 1.29 is 9.59 Å². The molecule has 3 amide bonds. The standard InChI is InChI=1S/C8H12N2O2/c1-5-2-3-6-7(11)9-8(12)10(6)4-5/h5-6H,2-4H2,1H3,(H,9,11,12). The van der Waals surface area contributed by atoms with Gasteiger partial charge < -0.3 is 4.90 Å². The van der Waals surface area contributed by atoms with Gasteiger partial charge in [-0.25, -0.2) is 4.79 Å². The average Bonchev–Trinajstić information content (AvgIpc) is 2.28. The van der Waals surface area contributed by atoms with Gasteiger partial charge in [-0.05, 0) is 18.8 Å². The van der Waals surface area contributed by atoms with E-state index in [1.807, 2.05) is 0 Å². The van der Waals surface area contributed by atoms with Crippen LogP contribution in [0.4, 0.5) is 4.79 Å². The molecule has 4 heteroatoms. The third kappa shape index (κ3) is 0.983. The lowest BCUT2D eigenvalue weighted by atomic mass is 9.95. The Morgan fingerprint density at radius 1 is 1.42 bits per heavy atom. The second kappa shape index (κ2) is 2.47. The van der Waals surface area contributed by atoms with Crippen molar-refractivity contribution in [3.05, 3.63) is 0 Å². The molecule has 12 heavy (non-hydrogen) atoms. The number of rotatable bonds is 0. The summed E-state index contributed by atoms with van der Waals surface area (Å²) in [5, 5.41) is 2.33. The molecule has 0 aromatic heterocycles. The third-order valence-corrected chi connectivity index (χ3v) is 2.61. The van der Waals surface area contributed by atoms with Gasteiger partial charge in [-0.1, -0.05) is 6.92 Å². The van der Waals surface area contributed by atoms with Gasteiger partial charge in [-0.2, -0.15) is 0 Å². The van der Waals surface area contributed by atoms with Gasteiger partial charge in [-0.15, -0.1) is 0 Å².